The lowest BCUT2D eigenvalue weighted by atomic mass is 10.2. The number of anilines is 1. The van der Waals surface area contributed by atoms with Gasteiger partial charge in [0, 0.05) is 11.8 Å². The molecule has 2 heterocycles. The molecule has 3 aromatic rings. The molecule has 0 aliphatic heterocycles. The number of carbonyl (C=O) groups excluding carboxylic acids is 1. The summed E-state index contributed by atoms with van der Waals surface area (Å²) >= 11 is 1.58. The molecule has 6 heteroatoms. The van der Waals surface area contributed by atoms with E-state index in [2.05, 4.69) is 10.5 Å². The van der Waals surface area contributed by atoms with Crippen LogP contribution in [0.4, 0.5) is 5.69 Å². The summed E-state index contributed by atoms with van der Waals surface area (Å²) in [5.74, 6) is 0.513. The molecule has 0 fully saturated rings. The van der Waals surface area contributed by atoms with Crippen LogP contribution in [0.25, 0.3) is 10.6 Å². The molecule has 0 bridgehead atoms. The number of hydrogen-bond acceptors (Lipinski definition) is 5. The summed E-state index contributed by atoms with van der Waals surface area (Å²) in [6.07, 6.45) is 0. The van der Waals surface area contributed by atoms with Crippen molar-refractivity contribution in [3.8, 4) is 10.6 Å². The number of aromatic nitrogens is 1. The summed E-state index contributed by atoms with van der Waals surface area (Å²) in [7, 11) is 0. The first kappa shape index (κ1) is 15.5. The maximum absolute atomic E-state index is 11.8. The molecule has 1 N–H and O–H groups in total. The van der Waals surface area contributed by atoms with Crippen LogP contribution in [0.3, 0.4) is 0 Å². The Morgan fingerprint density at radius 2 is 2.13 bits per heavy atom. The van der Waals surface area contributed by atoms with Crippen LogP contribution in [0.15, 0.2) is 52.4 Å². The fourth-order valence-electron chi connectivity index (χ4n) is 2.00. The lowest BCUT2D eigenvalue weighted by Crippen LogP contribution is -2.18. The minimum Gasteiger partial charge on any atom is -0.365 e. The van der Waals surface area contributed by atoms with Gasteiger partial charge in [-0.3, -0.25) is 4.79 Å². The Morgan fingerprint density at radius 1 is 1.30 bits per heavy atom. The van der Waals surface area contributed by atoms with E-state index in [9.17, 15) is 4.79 Å². The van der Waals surface area contributed by atoms with Crippen molar-refractivity contribution in [2.45, 2.75) is 13.5 Å². The van der Waals surface area contributed by atoms with E-state index < -0.39 is 0 Å². The molecule has 0 saturated carbocycles. The maximum Gasteiger partial charge on any atom is 0.250 e. The highest BCUT2D eigenvalue weighted by molar-refractivity contribution is 7.13. The fraction of sp³-hybridized carbons (Fsp3) is 0.176. The SMILES string of the molecule is Cc1ccc(NC(=O)COCc2cc(-c3cccs3)on2)cc1. The summed E-state index contributed by atoms with van der Waals surface area (Å²) in [5.41, 5.74) is 2.56. The first-order valence-corrected chi connectivity index (χ1v) is 8.02. The minimum absolute atomic E-state index is 0.0327. The molecule has 1 amide bonds. The normalized spacial score (nSPS) is 10.7. The number of ether oxygens (including phenoxy) is 1. The van der Waals surface area contributed by atoms with Crippen molar-refractivity contribution < 1.29 is 14.1 Å². The molecular weight excluding hydrogens is 312 g/mol. The van der Waals surface area contributed by atoms with Crippen LogP contribution in [0, 0.1) is 6.92 Å². The van der Waals surface area contributed by atoms with E-state index in [0.717, 1.165) is 16.1 Å². The van der Waals surface area contributed by atoms with E-state index >= 15 is 0 Å². The van der Waals surface area contributed by atoms with Gasteiger partial charge in [0.05, 0.1) is 11.5 Å². The van der Waals surface area contributed by atoms with Crippen molar-refractivity contribution >= 4 is 22.9 Å². The third kappa shape index (κ3) is 4.28. The number of amides is 1. The van der Waals surface area contributed by atoms with Crippen molar-refractivity contribution in [1.29, 1.82) is 0 Å². The number of rotatable bonds is 6. The Hall–Kier alpha value is -2.44. The van der Waals surface area contributed by atoms with Gasteiger partial charge in [0.2, 0.25) is 5.91 Å². The molecule has 0 aliphatic rings. The number of aryl methyl sites for hydroxylation is 1. The number of hydrogen-bond donors (Lipinski definition) is 1. The molecule has 0 saturated heterocycles. The second-order valence-corrected chi connectivity index (χ2v) is 6.01. The molecule has 1 aromatic carbocycles. The number of nitrogens with zero attached hydrogens (tertiary/aromatic N) is 1. The zero-order valence-corrected chi connectivity index (χ0v) is 13.4. The Bertz CT molecular complexity index is 764. The molecule has 23 heavy (non-hydrogen) atoms. The van der Waals surface area contributed by atoms with Crippen molar-refractivity contribution in [3.63, 3.8) is 0 Å². The summed E-state index contributed by atoms with van der Waals surface area (Å²) < 4.78 is 10.6. The van der Waals surface area contributed by atoms with Crippen LogP contribution >= 0.6 is 11.3 Å². The van der Waals surface area contributed by atoms with Gasteiger partial charge in [0.25, 0.3) is 0 Å². The first-order chi connectivity index (χ1) is 11.2. The van der Waals surface area contributed by atoms with Crippen molar-refractivity contribution in [1.82, 2.24) is 5.16 Å². The Labute approximate surface area is 137 Å². The summed E-state index contributed by atoms with van der Waals surface area (Å²) in [6.45, 7) is 2.20. The fourth-order valence-corrected chi connectivity index (χ4v) is 2.67. The quantitative estimate of drug-likeness (QED) is 0.746. The van der Waals surface area contributed by atoms with Gasteiger partial charge < -0.3 is 14.6 Å². The average molecular weight is 328 g/mol. The van der Waals surface area contributed by atoms with E-state index in [1.807, 2.05) is 54.8 Å². The number of thiophene rings is 1. The molecule has 118 valence electrons. The Morgan fingerprint density at radius 3 is 2.87 bits per heavy atom. The zero-order chi connectivity index (χ0) is 16.1. The highest BCUT2D eigenvalue weighted by Gasteiger charge is 2.09. The van der Waals surface area contributed by atoms with Gasteiger partial charge in [-0.25, -0.2) is 0 Å². The van der Waals surface area contributed by atoms with E-state index in [0.29, 0.717) is 11.5 Å². The lowest BCUT2D eigenvalue weighted by Gasteiger charge is -2.05. The van der Waals surface area contributed by atoms with Crippen LogP contribution in [0.2, 0.25) is 0 Å². The summed E-state index contributed by atoms with van der Waals surface area (Å²) in [4.78, 5) is 12.8. The van der Waals surface area contributed by atoms with Crippen molar-refractivity contribution in [2.75, 3.05) is 11.9 Å². The molecule has 5 nitrogen and oxygen atoms in total. The predicted molar refractivity (Wildman–Crippen MR) is 89.3 cm³/mol. The minimum atomic E-state index is -0.198. The van der Waals surface area contributed by atoms with E-state index in [1.165, 1.54) is 0 Å². The van der Waals surface area contributed by atoms with Gasteiger partial charge >= 0.3 is 0 Å². The van der Waals surface area contributed by atoms with Crippen molar-refractivity contribution in [3.05, 3.63) is 59.1 Å². The zero-order valence-electron chi connectivity index (χ0n) is 12.6. The molecule has 0 radical (unpaired) electrons. The lowest BCUT2D eigenvalue weighted by molar-refractivity contribution is -0.121. The van der Waals surface area contributed by atoms with E-state index in [1.54, 1.807) is 11.3 Å². The molecule has 0 aliphatic carbocycles. The molecule has 0 atom stereocenters. The second-order valence-electron chi connectivity index (χ2n) is 5.07. The summed E-state index contributed by atoms with van der Waals surface area (Å²) in [6, 6.07) is 13.3. The molecule has 3 rings (SSSR count). The van der Waals surface area contributed by atoms with Crippen LogP contribution in [0.5, 0.6) is 0 Å². The van der Waals surface area contributed by atoms with Gasteiger partial charge in [0.1, 0.15) is 12.3 Å². The standard InChI is InChI=1S/C17H16N2O3S/c1-12-4-6-13(7-5-12)18-17(20)11-21-10-14-9-15(22-19-14)16-3-2-8-23-16/h2-9H,10-11H2,1H3,(H,18,20). The Kier molecular flexibility index (Phi) is 4.85. The number of nitrogens with one attached hydrogen (secondary N) is 1. The highest BCUT2D eigenvalue weighted by atomic mass is 32.1. The Balaban J connectivity index is 1.46. The number of carbonyl (C=O) groups is 1. The molecule has 0 spiro atoms. The molecule has 2 aromatic heterocycles. The average Bonchev–Trinajstić information content (AvgIpc) is 3.20. The third-order valence-electron chi connectivity index (χ3n) is 3.14. The predicted octanol–water partition coefficient (Wildman–Crippen LogP) is 3.87. The largest absolute Gasteiger partial charge is 0.365 e. The summed E-state index contributed by atoms with van der Waals surface area (Å²) in [5, 5.41) is 8.69. The van der Waals surface area contributed by atoms with Gasteiger partial charge in [0.15, 0.2) is 5.76 Å². The van der Waals surface area contributed by atoms with Gasteiger partial charge in [-0.05, 0) is 30.5 Å². The van der Waals surface area contributed by atoms with Gasteiger partial charge in [-0.1, -0.05) is 28.9 Å². The smallest absolute Gasteiger partial charge is 0.250 e. The van der Waals surface area contributed by atoms with Crippen LogP contribution in [-0.2, 0) is 16.1 Å². The van der Waals surface area contributed by atoms with Crippen LogP contribution < -0.4 is 5.32 Å². The monoisotopic (exact) mass is 328 g/mol. The van der Waals surface area contributed by atoms with Gasteiger partial charge in [-0.15, -0.1) is 11.3 Å². The maximum atomic E-state index is 11.8. The van der Waals surface area contributed by atoms with E-state index in [-0.39, 0.29) is 19.1 Å². The number of benzene rings is 1. The van der Waals surface area contributed by atoms with E-state index in [4.69, 9.17) is 9.26 Å². The van der Waals surface area contributed by atoms with Crippen molar-refractivity contribution in [2.24, 2.45) is 0 Å². The second kappa shape index (κ2) is 7.21. The third-order valence-corrected chi connectivity index (χ3v) is 4.03. The molecule has 0 unspecified atom stereocenters. The first-order valence-electron chi connectivity index (χ1n) is 7.14. The van der Waals surface area contributed by atoms with Gasteiger partial charge in [-0.2, -0.15) is 0 Å². The molecular formula is C17H16N2O3S. The van der Waals surface area contributed by atoms with Crippen LogP contribution in [-0.4, -0.2) is 17.7 Å². The topological polar surface area (TPSA) is 64.4 Å². The highest BCUT2D eigenvalue weighted by Crippen LogP contribution is 2.25. The van der Waals surface area contributed by atoms with Crippen LogP contribution in [0.1, 0.15) is 11.3 Å².